The molecule has 2 N–H and O–H groups in total. The van der Waals surface area contributed by atoms with Crippen molar-refractivity contribution in [3.05, 3.63) is 90.0 Å². The Bertz CT molecular complexity index is 881. The summed E-state index contributed by atoms with van der Waals surface area (Å²) < 4.78 is 0. The number of hydrogen-bond donors (Lipinski definition) is 1. The van der Waals surface area contributed by atoms with Crippen molar-refractivity contribution in [2.45, 2.75) is 6.54 Å². The van der Waals surface area contributed by atoms with Gasteiger partial charge in [-0.1, -0.05) is 18.2 Å². The van der Waals surface area contributed by atoms with Crippen LogP contribution < -0.4 is 10.6 Å². The lowest BCUT2D eigenvalue weighted by atomic mass is 10.1. The number of hydrogen-bond acceptors (Lipinski definition) is 5. The van der Waals surface area contributed by atoms with E-state index in [4.69, 9.17) is 5.73 Å². The molecule has 0 aliphatic rings. The van der Waals surface area contributed by atoms with E-state index in [9.17, 15) is 9.59 Å². The van der Waals surface area contributed by atoms with Crippen LogP contribution in [0.4, 0.5) is 5.69 Å². The molecule has 3 rings (SSSR count). The van der Waals surface area contributed by atoms with Gasteiger partial charge in [-0.2, -0.15) is 0 Å². The van der Waals surface area contributed by atoms with E-state index in [1.165, 1.54) is 6.20 Å². The van der Waals surface area contributed by atoms with E-state index < -0.39 is 0 Å². The van der Waals surface area contributed by atoms with Gasteiger partial charge in [-0.15, -0.1) is 0 Å². The summed E-state index contributed by atoms with van der Waals surface area (Å²) in [5.74, 6) is -0.320. The van der Waals surface area contributed by atoms with Crippen LogP contribution >= 0.6 is 0 Å². The van der Waals surface area contributed by atoms with Crippen LogP contribution in [0.2, 0.25) is 0 Å². The standard InChI is InChI=1S/C20H18N4O2/c21-12-19(25)16-6-7-17(23-13-16)14-24(18-4-2-1-3-5-18)20(26)15-8-10-22-11-9-15/h1-11,13H,12,14,21H2. The summed E-state index contributed by atoms with van der Waals surface area (Å²) in [6.45, 7) is 0.222. The molecule has 0 aliphatic carbocycles. The Labute approximate surface area is 151 Å². The zero-order valence-corrected chi connectivity index (χ0v) is 14.1. The molecule has 0 unspecified atom stereocenters. The van der Waals surface area contributed by atoms with Crippen molar-refractivity contribution >= 4 is 17.4 Å². The second kappa shape index (κ2) is 8.13. The number of rotatable bonds is 6. The highest BCUT2D eigenvalue weighted by Crippen LogP contribution is 2.19. The van der Waals surface area contributed by atoms with E-state index in [1.807, 2.05) is 30.3 Å². The van der Waals surface area contributed by atoms with E-state index in [1.54, 1.807) is 41.6 Å². The van der Waals surface area contributed by atoms with Crippen LogP contribution in [0.15, 0.2) is 73.2 Å². The number of Topliss-reactive ketones (excluding diaryl/α,β-unsaturated/α-hetero) is 1. The number of amides is 1. The summed E-state index contributed by atoms with van der Waals surface area (Å²) in [7, 11) is 0. The fraction of sp³-hybridized carbons (Fsp3) is 0.100. The third kappa shape index (κ3) is 3.99. The minimum absolute atomic E-state index is 0.0578. The molecule has 6 nitrogen and oxygen atoms in total. The van der Waals surface area contributed by atoms with Crippen LogP contribution in [-0.2, 0) is 6.54 Å². The first-order valence-electron chi connectivity index (χ1n) is 8.14. The molecule has 1 amide bonds. The number of ketones is 1. The molecule has 1 aromatic carbocycles. The molecule has 0 saturated heterocycles. The molecule has 0 radical (unpaired) electrons. The number of carbonyl (C=O) groups excluding carboxylic acids is 2. The fourth-order valence-corrected chi connectivity index (χ4v) is 2.50. The highest BCUT2D eigenvalue weighted by molar-refractivity contribution is 6.05. The normalized spacial score (nSPS) is 10.3. The monoisotopic (exact) mass is 346 g/mol. The van der Waals surface area contributed by atoms with Gasteiger partial charge >= 0.3 is 0 Å². The minimum atomic E-state index is -0.170. The Morgan fingerprint density at radius 2 is 1.65 bits per heavy atom. The molecule has 26 heavy (non-hydrogen) atoms. The van der Waals surface area contributed by atoms with Crippen molar-refractivity contribution in [2.75, 3.05) is 11.4 Å². The maximum atomic E-state index is 13.0. The number of benzene rings is 1. The average molecular weight is 346 g/mol. The molecular formula is C20H18N4O2. The average Bonchev–Trinajstić information content (AvgIpc) is 2.72. The van der Waals surface area contributed by atoms with Gasteiger partial charge in [0.25, 0.3) is 5.91 Å². The largest absolute Gasteiger partial charge is 0.324 e. The molecule has 2 aromatic heterocycles. The van der Waals surface area contributed by atoms with Gasteiger partial charge in [0.1, 0.15) is 0 Å². The Balaban J connectivity index is 1.89. The summed E-state index contributed by atoms with van der Waals surface area (Å²) in [6, 6.07) is 16.1. The van der Waals surface area contributed by atoms with Crippen molar-refractivity contribution in [3.8, 4) is 0 Å². The first-order chi connectivity index (χ1) is 12.7. The van der Waals surface area contributed by atoms with Gasteiger partial charge < -0.3 is 10.6 Å². The van der Waals surface area contributed by atoms with E-state index in [0.717, 1.165) is 5.69 Å². The molecule has 2 heterocycles. The predicted octanol–water partition coefficient (Wildman–Crippen LogP) is 2.46. The second-order valence-corrected chi connectivity index (χ2v) is 5.63. The number of para-hydroxylation sites is 1. The lowest BCUT2D eigenvalue weighted by molar-refractivity contribution is 0.0980. The highest BCUT2D eigenvalue weighted by atomic mass is 16.2. The molecule has 0 saturated carbocycles. The fourth-order valence-electron chi connectivity index (χ4n) is 2.50. The first kappa shape index (κ1) is 17.4. The van der Waals surface area contributed by atoms with Crippen LogP contribution in [0.1, 0.15) is 26.4 Å². The summed E-state index contributed by atoms with van der Waals surface area (Å²) in [5, 5.41) is 0. The van der Waals surface area contributed by atoms with E-state index in [2.05, 4.69) is 9.97 Å². The van der Waals surface area contributed by atoms with Crippen LogP contribution in [0.25, 0.3) is 0 Å². The lowest BCUT2D eigenvalue weighted by Gasteiger charge is -2.22. The predicted molar refractivity (Wildman–Crippen MR) is 98.8 cm³/mol. The Morgan fingerprint density at radius 1 is 0.923 bits per heavy atom. The van der Waals surface area contributed by atoms with Gasteiger partial charge in [-0.3, -0.25) is 19.6 Å². The first-order valence-corrected chi connectivity index (χ1v) is 8.14. The van der Waals surface area contributed by atoms with Crippen LogP contribution in [0, 0.1) is 0 Å². The molecule has 0 spiro atoms. The molecule has 0 atom stereocenters. The molecule has 0 fully saturated rings. The molecule has 0 bridgehead atoms. The zero-order chi connectivity index (χ0) is 18.4. The molecule has 6 heteroatoms. The summed E-state index contributed by atoms with van der Waals surface area (Å²) in [5.41, 5.74) is 7.80. The summed E-state index contributed by atoms with van der Waals surface area (Å²) >= 11 is 0. The van der Waals surface area contributed by atoms with Gasteiger partial charge in [-0.25, -0.2) is 0 Å². The molecular weight excluding hydrogens is 328 g/mol. The zero-order valence-electron chi connectivity index (χ0n) is 14.1. The number of nitrogens with zero attached hydrogens (tertiary/aromatic N) is 3. The third-order valence-corrected chi connectivity index (χ3v) is 3.89. The minimum Gasteiger partial charge on any atom is -0.324 e. The Hall–Kier alpha value is -3.38. The SMILES string of the molecule is NCC(=O)c1ccc(CN(C(=O)c2ccncc2)c2ccccc2)nc1. The molecule has 0 aliphatic heterocycles. The van der Waals surface area contributed by atoms with Gasteiger partial charge in [0.05, 0.1) is 18.8 Å². The van der Waals surface area contributed by atoms with Crippen molar-refractivity contribution in [2.24, 2.45) is 5.73 Å². The van der Waals surface area contributed by atoms with Crippen molar-refractivity contribution in [3.63, 3.8) is 0 Å². The van der Waals surface area contributed by atoms with Crippen molar-refractivity contribution in [1.82, 2.24) is 9.97 Å². The Kier molecular flexibility index (Phi) is 5.46. The van der Waals surface area contributed by atoms with Crippen molar-refractivity contribution in [1.29, 1.82) is 0 Å². The summed E-state index contributed by atoms with van der Waals surface area (Å²) in [4.78, 5) is 34.5. The van der Waals surface area contributed by atoms with Gasteiger partial charge in [0.2, 0.25) is 0 Å². The number of anilines is 1. The topological polar surface area (TPSA) is 89.2 Å². The van der Waals surface area contributed by atoms with Crippen LogP contribution in [0.3, 0.4) is 0 Å². The second-order valence-electron chi connectivity index (χ2n) is 5.63. The van der Waals surface area contributed by atoms with Gasteiger partial charge in [-0.05, 0) is 36.4 Å². The molecule has 130 valence electrons. The maximum Gasteiger partial charge on any atom is 0.258 e. The lowest BCUT2D eigenvalue weighted by Crippen LogP contribution is -2.30. The number of aromatic nitrogens is 2. The van der Waals surface area contributed by atoms with Gasteiger partial charge in [0, 0.05) is 35.4 Å². The quantitative estimate of drug-likeness (QED) is 0.693. The van der Waals surface area contributed by atoms with E-state index >= 15 is 0 Å². The van der Waals surface area contributed by atoms with E-state index in [-0.39, 0.29) is 24.8 Å². The van der Waals surface area contributed by atoms with Crippen LogP contribution in [-0.4, -0.2) is 28.2 Å². The third-order valence-electron chi connectivity index (χ3n) is 3.89. The number of nitrogens with two attached hydrogens (primary N) is 1. The maximum absolute atomic E-state index is 13.0. The Morgan fingerprint density at radius 3 is 2.27 bits per heavy atom. The smallest absolute Gasteiger partial charge is 0.258 e. The number of pyridine rings is 2. The molecule has 3 aromatic rings. The van der Waals surface area contributed by atoms with Crippen LogP contribution in [0.5, 0.6) is 0 Å². The van der Waals surface area contributed by atoms with Crippen molar-refractivity contribution < 1.29 is 9.59 Å². The summed E-state index contributed by atoms with van der Waals surface area (Å²) in [6.07, 6.45) is 4.66. The van der Waals surface area contributed by atoms with Gasteiger partial charge in [0.15, 0.2) is 5.78 Å². The number of carbonyl (C=O) groups is 2. The van der Waals surface area contributed by atoms with E-state index in [0.29, 0.717) is 16.8 Å². The highest BCUT2D eigenvalue weighted by Gasteiger charge is 2.18.